The minimum absolute atomic E-state index is 0.0909. The summed E-state index contributed by atoms with van der Waals surface area (Å²) in [5.74, 6) is -0.829. The maximum absolute atomic E-state index is 10.5. The third-order valence-corrected chi connectivity index (χ3v) is 2.24. The molecular weight excluding hydrogens is 200 g/mol. The fourth-order valence-corrected chi connectivity index (χ4v) is 1.39. The first kappa shape index (κ1) is 10.8. The molecule has 1 aromatic carbocycles. The number of carboxylic acid groups (broad SMARTS) is 1. The van der Waals surface area contributed by atoms with Gasteiger partial charge in [-0.05, 0) is 18.1 Å². The van der Waals surface area contributed by atoms with E-state index in [1.54, 1.807) is 18.2 Å². The molecule has 0 aromatic heterocycles. The summed E-state index contributed by atoms with van der Waals surface area (Å²) < 4.78 is 0. The van der Waals surface area contributed by atoms with E-state index < -0.39 is 5.97 Å². The zero-order valence-electron chi connectivity index (χ0n) is 7.43. The zero-order chi connectivity index (χ0) is 10.6. The van der Waals surface area contributed by atoms with Gasteiger partial charge in [-0.1, -0.05) is 12.1 Å². The summed E-state index contributed by atoms with van der Waals surface area (Å²) in [5, 5.41) is 8.47. The van der Waals surface area contributed by atoms with Crippen LogP contribution in [0, 0.1) is 0 Å². The van der Waals surface area contributed by atoms with Crippen molar-refractivity contribution in [3.8, 4) is 0 Å². The van der Waals surface area contributed by atoms with Crippen molar-refractivity contribution in [2.45, 2.75) is 17.7 Å². The van der Waals surface area contributed by atoms with Gasteiger partial charge >= 0.3 is 5.97 Å². The van der Waals surface area contributed by atoms with Gasteiger partial charge in [-0.3, -0.25) is 9.59 Å². The van der Waals surface area contributed by atoms with Crippen molar-refractivity contribution < 1.29 is 14.7 Å². The molecule has 74 valence electrons. The predicted octanol–water partition coefficient (Wildman–Crippen LogP) is 1.81. The molecule has 0 radical (unpaired) electrons. The van der Waals surface area contributed by atoms with Crippen molar-refractivity contribution in [1.29, 1.82) is 0 Å². The summed E-state index contributed by atoms with van der Waals surface area (Å²) in [4.78, 5) is 21.4. The van der Waals surface area contributed by atoms with Gasteiger partial charge in [0.25, 0.3) is 0 Å². The molecule has 14 heavy (non-hydrogen) atoms. The fraction of sp³-hybridized carbons (Fsp3) is 0.200. The van der Waals surface area contributed by atoms with Crippen LogP contribution in [0.5, 0.6) is 0 Å². The molecule has 0 amide bonds. The molecule has 4 heteroatoms. The van der Waals surface area contributed by atoms with E-state index in [1.807, 2.05) is 0 Å². The van der Waals surface area contributed by atoms with E-state index in [4.69, 9.17) is 5.11 Å². The number of carboxylic acids is 1. The van der Waals surface area contributed by atoms with Crippen LogP contribution in [0.25, 0.3) is 0 Å². The molecule has 0 saturated heterocycles. The van der Waals surface area contributed by atoms with Crippen molar-refractivity contribution in [2.75, 3.05) is 0 Å². The van der Waals surface area contributed by atoms with Gasteiger partial charge in [-0.25, -0.2) is 0 Å². The lowest BCUT2D eigenvalue weighted by Crippen LogP contribution is -1.97. The van der Waals surface area contributed by atoms with Crippen LogP contribution in [-0.2, 0) is 11.2 Å². The molecule has 0 aliphatic heterocycles. The van der Waals surface area contributed by atoms with Crippen molar-refractivity contribution in [2.24, 2.45) is 0 Å². The van der Waals surface area contributed by atoms with Gasteiger partial charge in [0.05, 0.1) is 0 Å². The standard InChI is InChI=1S/C10H10O3S/c11-6-8-3-1-7(5-9(8)14)2-4-10(12)13/h1,3,5-6,14H,2,4H2,(H,12,13). The average molecular weight is 210 g/mol. The van der Waals surface area contributed by atoms with Crippen LogP contribution in [0.2, 0.25) is 0 Å². The predicted molar refractivity (Wildman–Crippen MR) is 55.0 cm³/mol. The highest BCUT2D eigenvalue weighted by molar-refractivity contribution is 7.80. The van der Waals surface area contributed by atoms with Crippen LogP contribution < -0.4 is 0 Å². The Balaban J connectivity index is 2.76. The summed E-state index contributed by atoms with van der Waals surface area (Å²) in [6.45, 7) is 0. The number of carbonyl (C=O) groups is 2. The Labute approximate surface area is 87.2 Å². The molecule has 1 aromatic rings. The fourth-order valence-electron chi connectivity index (χ4n) is 1.10. The lowest BCUT2D eigenvalue weighted by atomic mass is 10.1. The van der Waals surface area contributed by atoms with Crippen LogP contribution in [0.15, 0.2) is 23.1 Å². The lowest BCUT2D eigenvalue weighted by Gasteiger charge is -2.01. The van der Waals surface area contributed by atoms with Crippen LogP contribution in [0.1, 0.15) is 22.3 Å². The molecule has 0 unspecified atom stereocenters. The van der Waals surface area contributed by atoms with E-state index in [9.17, 15) is 9.59 Å². The first-order valence-electron chi connectivity index (χ1n) is 4.12. The Morgan fingerprint density at radius 1 is 1.50 bits per heavy atom. The molecule has 0 saturated carbocycles. The quantitative estimate of drug-likeness (QED) is 0.588. The van der Waals surface area contributed by atoms with Gasteiger partial charge < -0.3 is 5.11 Å². The van der Waals surface area contributed by atoms with Crippen molar-refractivity contribution in [3.05, 3.63) is 29.3 Å². The van der Waals surface area contributed by atoms with Crippen LogP contribution >= 0.6 is 12.6 Å². The van der Waals surface area contributed by atoms with Gasteiger partial charge in [0.2, 0.25) is 0 Å². The van der Waals surface area contributed by atoms with Crippen LogP contribution in [-0.4, -0.2) is 17.4 Å². The maximum Gasteiger partial charge on any atom is 0.303 e. The number of benzene rings is 1. The molecule has 0 aliphatic carbocycles. The van der Waals surface area contributed by atoms with Gasteiger partial charge in [-0.15, -0.1) is 12.6 Å². The smallest absolute Gasteiger partial charge is 0.303 e. The molecule has 0 fully saturated rings. The third kappa shape index (κ3) is 2.88. The van der Waals surface area contributed by atoms with Gasteiger partial charge in [0.15, 0.2) is 6.29 Å². The number of hydrogen-bond acceptors (Lipinski definition) is 3. The maximum atomic E-state index is 10.5. The molecule has 0 atom stereocenters. The second-order valence-electron chi connectivity index (χ2n) is 2.90. The van der Waals surface area contributed by atoms with E-state index in [0.717, 1.165) is 11.8 Å². The monoisotopic (exact) mass is 210 g/mol. The Kier molecular flexibility index (Phi) is 3.71. The number of thiol groups is 1. The molecule has 1 N–H and O–H groups in total. The summed E-state index contributed by atoms with van der Waals surface area (Å²) >= 11 is 4.11. The Morgan fingerprint density at radius 3 is 2.71 bits per heavy atom. The summed E-state index contributed by atoms with van der Waals surface area (Å²) in [5.41, 5.74) is 1.40. The first-order valence-corrected chi connectivity index (χ1v) is 4.57. The van der Waals surface area contributed by atoms with Crippen LogP contribution in [0.3, 0.4) is 0 Å². The SMILES string of the molecule is O=Cc1ccc(CCC(=O)O)cc1S. The largest absolute Gasteiger partial charge is 0.481 e. The second kappa shape index (κ2) is 4.81. The van der Waals surface area contributed by atoms with Crippen molar-refractivity contribution in [1.82, 2.24) is 0 Å². The number of aliphatic carboxylic acids is 1. The van der Waals surface area contributed by atoms with Crippen molar-refractivity contribution >= 4 is 24.9 Å². The molecule has 0 aliphatic rings. The van der Waals surface area contributed by atoms with E-state index in [1.165, 1.54) is 0 Å². The van der Waals surface area contributed by atoms with E-state index in [0.29, 0.717) is 16.9 Å². The van der Waals surface area contributed by atoms with E-state index in [-0.39, 0.29) is 6.42 Å². The number of hydrogen-bond donors (Lipinski definition) is 2. The number of aldehydes is 1. The Morgan fingerprint density at radius 2 is 2.21 bits per heavy atom. The number of rotatable bonds is 4. The second-order valence-corrected chi connectivity index (χ2v) is 3.39. The molecule has 0 spiro atoms. The number of carbonyl (C=O) groups excluding carboxylic acids is 1. The highest BCUT2D eigenvalue weighted by Crippen LogP contribution is 2.15. The minimum Gasteiger partial charge on any atom is -0.481 e. The van der Waals surface area contributed by atoms with Gasteiger partial charge in [-0.2, -0.15) is 0 Å². The number of aryl methyl sites for hydroxylation is 1. The lowest BCUT2D eigenvalue weighted by molar-refractivity contribution is -0.136. The molecule has 0 bridgehead atoms. The molecule has 1 rings (SSSR count). The summed E-state index contributed by atoms with van der Waals surface area (Å²) in [6, 6.07) is 5.11. The topological polar surface area (TPSA) is 54.4 Å². The van der Waals surface area contributed by atoms with Gasteiger partial charge in [0.1, 0.15) is 0 Å². The molecule has 3 nitrogen and oxygen atoms in total. The van der Waals surface area contributed by atoms with Crippen LogP contribution in [0.4, 0.5) is 0 Å². The highest BCUT2D eigenvalue weighted by Gasteiger charge is 2.02. The molecule has 0 heterocycles. The minimum atomic E-state index is -0.829. The normalized spacial score (nSPS) is 9.79. The van der Waals surface area contributed by atoms with Gasteiger partial charge in [0, 0.05) is 16.9 Å². The highest BCUT2D eigenvalue weighted by atomic mass is 32.1. The van der Waals surface area contributed by atoms with Crippen molar-refractivity contribution in [3.63, 3.8) is 0 Å². The third-order valence-electron chi connectivity index (χ3n) is 1.85. The summed E-state index contributed by atoms with van der Waals surface area (Å²) in [7, 11) is 0. The Bertz CT molecular complexity index is 360. The first-order chi connectivity index (χ1) is 6.63. The Hall–Kier alpha value is -1.29. The summed E-state index contributed by atoms with van der Waals surface area (Å²) in [6.07, 6.45) is 1.28. The van der Waals surface area contributed by atoms with E-state index in [2.05, 4.69) is 12.6 Å². The molecular formula is C10H10O3S. The zero-order valence-corrected chi connectivity index (χ0v) is 8.33. The van der Waals surface area contributed by atoms with E-state index >= 15 is 0 Å². The average Bonchev–Trinajstić information content (AvgIpc) is 2.15.